The molecule has 0 heterocycles. The van der Waals surface area contributed by atoms with Gasteiger partial charge in [-0.15, -0.1) is 0 Å². The smallest absolute Gasteiger partial charge is 0.124 e. The van der Waals surface area contributed by atoms with Crippen molar-refractivity contribution < 1.29 is 14.6 Å². The van der Waals surface area contributed by atoms with Crippen molar-refractivity contribution in [2.45, 2.75) is 19.3 Å². The lowest BCUT2D eigenvalue weighted by Crippen LogP contribution is -2.31. The van der Waals surface area contributed by atoms with E-state index in [1.807, 2.05) is 49.5 Å². The topological polar surface area (TPSA) is 41.9 Å². The van der Waals surface area contributed by atoms with Gasteiger partial charge in [0.05, 0.1) is 26.4 Å². The van der Waals surface area contributed by atoms with E-state index in [2.05, 4.69) is 17.0 Å². The number of nitrogens with zero attached hydrogens (tertiary/aromatic N) is 1. The third-order valence-corrected chi connectivity index (χ3v) is 3.58. The van der Waals surface area contributed by atoms with Crippen LogP contribution in [0, 0.1) is 0 Å². The molecule has 0 spiro atoms. The zero-order valence-corrected chi connectivity index (χ0v) is 13.8. The molecule has 0 saturated heterocycles. The van der Waals surface area contributed by atoms with Gasteiger partial charge in [0.1, 0.15) is 5.75 Å². The Labute approximate surface area is 138 Å². The summed E-state index contributed by atoms with van der Waals surface area (Å²) in [6.45, 7) is 2.12. The first kappa shape index (κ1) is 17.5. The monoisotopic (exact) mass is 315 g/mol. The predicted octanol–water partition coefficient (Wildman–Crippen LogP) is 2.70. The van der Waals surface area contributed by atoms with Crippen LogP contribution in [0.3, 0.4) is 0 Å². The molecule has 4 nitrogen and oxygen atoms in total. The standard InChI is InChI=1S/C19H25NO3/c1-20(12-16-8-4-3-5-9-16)13-18(21)15-23-14-17-10-6-7-11-19(17)22-2/h3-11,18,21H,12-15H2,1-2H3. The number of likely N-dealkylation sites (N-methyl/N-ethyl adjacent to an activating group) is 1. The number of benzene rings is 2. The fourth-order valence-electron chi connectivity index (χ4n) is 2.50. The van der Waals surface area contributed by atoms with E-state index in [0.29, 0.717) is 19.8 Å². The quantitative estimate of drug-likeness (QED) is 0.772. The van der Waals surface area contributed by atoms with E-state index in [1.54, 1.807) is 7.11 Å². The minimum absolute atomic E-state index is 0.303. The minimum Gasteiger partial charge on any atom is -0.496 e. The highest BCUT2D eigenvalue weighted by molar-refractivity contribution is 5.32. The van der Waals surface area contributed by atoms with E-state index in [-0.39, 0.29) is 0 Å². The van der Waals surface area contributed by atoms with Crippen molar-refractivity contribution in [2.24, 2.45) is 0 Å². The van der Waals surface area contributed by atoms with Crippen LogP contribution in [0.2, 0.25) is 0 Å². The molecule has 2 aromatic carbocycles. The number of methoxy groups -OCH3 is 1. The molecule has 0 radical (unpaired) electrons. The molecule has 2 rings (SSSR count). The fourth-order valence-corrected chi connectivity index (χ4v) is 2.50. The lowest BCUT2D eigenvalue weighted by molar-refractivity contribution is 0.0122. The normalized spacial score (nSPS) is 12.3. The van der Waals surface area contributed by atoms with Gasteiger partial charge in [-0.3, -0.25) is 4.90 Å². The van der Waals surface area contributed by atoms with Crippen molar-refractivity contribution in [1.82, 2.24) is 4.90 Å². The van der Waals surface area contributed by atoms with E-state index < -0.39 is 6.10 Å². The number of aliphatic hydroxyl groups excluding tert-OH is 1. The Bertz CT molecular complexity index is 574. The molecule has 0 fully saturated rings. The van der Waals surface area contributed by atoms with Crippen LogP contribution >= 0.6 is 0 Å². The summed E-state index contributed by atoms with van der Waals surface area (Å²) >= 11 is 0. The Kier molecular flexibility index (Phi) is 7.07. The number of hydrogen-bond acceptors (Lipinski definition) is 4. The Balaban J connectivity index is 1.71. The minimum atomic E-state index is -0.515. The molecule has 1 N–H and O–H groups in total. The molecular formula is C19H25NO3. The molecular weight excluding hydrogens is 290 g/mol. The molecule has 124 valence electrons. The average Bonchev–Trinajstić information content (AvgIpc) is 2.56. The number of hydrogen-bond donors (Lipinski definition) is 1. The number of rotatable bonds is 9. The van der Waals surface area contributed by atoms with Gasteiger partial charge >= 0.3 is 0 Å². The Hall–Kier alpha value is -1.88. The summed E-state index contributed by atoms with van der Waals surface area (Å²) < 4.78 is 10.9. The molecule has 4 heteroatoms. The maximum Gasteiger partial charge on any atom is 0.124 e. The zero-order chi connectivity index (χ0) is 16.5. The Morgan fingerprint density at radius 3 is 2.48 bits per heavy atom. The summed E-state index contributed by atoms with van der Waals surface area (Å²) in [7, 11) is 3.64. The van der Waals surface area contributed by atoms with Crippen molar-refractivity contribution in [3.63, 3.8) is 0 Å². The van der Waals surface area contributed by atoms with Gasteiger partial charge in [0.25, 0.3) is 0 Å². The second kappa shape index (κ2) is 9.30. The van der Waals surface area contributed by atoms with E-state index in [4.69, 9.17) is 9.47 Å². The van der Waals surface area contributed by atoms with Crippen molar-refractivity contribution in [2.75, 3.05) is 27.3 Å². The third kappa shape index (κ3) is 6.02. The summed E-state index contributed by atoms with van der Waals surface area (Å²) in [5.41, 5.74) is 2.22. The Morgan fingerprint density at radius 1 is 1.04 bits per heavy atom. The maximum absolute atomic E-state index is 10.1. The summed E-state index contributed by atoms with van der Waals surface area (Å²) in [6.07, 6.45) is -0.515. The zero-order valence-electron chi connectivity index (χ0n) is 13.8. The fraction of sp³-hybridized carbons (Fsp3) is 0.368. The molecule has 0 bridgehead atoms. The van der Waals surface area contributed by atoms with Gasteiger partial charge < -0.3 is 14.6 Å². The van der Waals surface area contributed by atoms with Gasteiger partial charge in [0.2, 0.25) is 0 Å². The number of ether oxygens (including phenoxy) is 2. The summed E-state index contributed by atoms with van der Waals surface area (Å²) in [6, 6.07) is 18.0. The summed E-state index contributed by atoms with van der Waals surface area (Å²) in [5, 5.41) is 10.1. The highest BCUT2D eigenvalue weighted by Gasteiger charge is 2.10. The lowest BCUT2D eigenvalue weighted by Gasteiger charge is -2.20. The SMILES string of the molecule is COc1ccccc1COCC(O)CN(C)Cc1ccccc1. The first-order valence-corrected chi connectivity index (χ1v) is 7.79. The molecule has 0 aliphatic heterocycles. The van der Waals surface area contributed by atoms with Crippen molar-refractivity contribution in [3.05, 3.63) is 65.7 Å². The molecule has 0 amide bonds. The van der Waals surface area contributed by atoms with Crippen LogP contribution in [0.25, 0.3) is 0 Å². The third-order valence-electron chi connectivity index (χ3n) is 3.58. The van der Waals surface area contributed by atoms with Gasteiger partial charge in [0, 0.05) is 18.7 Å². The summed E-state index contributed by atoms with van der Waals surface area (Å²) in [4.78, 5) is 2.09. The van der Waals surface area contributed by atoms with Crippen LogP contribution in [0.4, 0.5) is 0 Å². The molecule has 0 aliphatic carbocycles. The van der Waals surface area contributed by atoms with Gasteiger partial charge in [-0.1, -0.05) is 48.5 Å². The number of para-hydroxylation sites is 1. The van der Waals surface area contributed by atoms with Crippen LogP contribution in [0.1, 0.15) is 11.1 Å². The summed E-state index contributed by atoms with van der Waals surface area (Å²) in [5.74, 6) is 0.809. The van der Waals surface area contributed by atoms with Crippen LogP contribution in [0.5, 0.6) is 5.75 Å². The lowest BCUT2D eigenvalue weighted by atomic mass is 10.2. The second-order valence-corrected chi connectivity index (χ2v) is 5.66. The molecule has 23 heavy (non-hydrogen) atoms. The Morgan fingerprint density at radius 2 is 1.74 bits per heavy atom. The van der Waals surface area contributed by atoms with Crippen molar-refractivity contribution in [3.8, 4) is 5.75 Å². The van der Waals surface area contributed by atoms with E-state index in [9.17, 15) is 5.11 Å². The van der Waals surface area contributed by atoms with E-state index in [1.165, 1.54) is 5.56 Å². The maximum atomic E-state index is 10.1. The first-order chi connectivity index (χ1) is 11.2. The van der Waals surface area contributed by atoms with Gasteiger partial charge in [-0.25, -0.2) is 0 Å². The van der Waals surface area contributed by atoms with Crippen LogP contribution in [-0.2, 0) is 17.9 Å². The van der Waals surface area contributed by atoms with Gasteiger partial charge in [-0.05, 0) is 18.7 Å². The van der Waals surface area contributed by atoms with Crippen molar-refractivity contribution >= 4 is 0 Å². The molecule has 0 aromatic heterocycles. The van der Waals surface area contributed by atoms with Crippen LogP contribution < -0.4 is 4.74 Å². The molecule has 2 aromatic rings. The van der Waals surface area contributed by atoms with Gasteiger partial charge in [-0.2, -0.15) is 0 Å². The number of aliphatic hydroxyl groups is 1. The molecule has 1 unspecified atom stereocenters. The van der Waals surface area contributed by atoms with E-state index in [0.717, 1.165) is 17.9 Å². The highest BCUT2D eigenvalue weighted by Crippen LogP contribution is 2.18. The predicted molar refractivity (Wildman–Crippen MR) is 91.4 cm³/mol. The largest absolute Gasteiger partial charge is 0.496 e. The van der Waals surface area contributed by atoms with Crippen LogP contribution in [0.15, 0.2) is 54.6 Å². The van der Waals surface area contributed by atoms with Gasteiger partial charge in [0.15, 0.2) is 0 Å². The average molecular weight is 315 g/mol. The highest BCUT2D eigenvalue weighted by atomic mass is 16.5. The second-order valence-electron chi connectivity index (χ2n) is 5.66. The first-order valence-electron chi connectivity index (χ1n) is 7.79. The van der Waals surface area contributed by atoms with Crippen LogP contribution in [-0.4, -0.2) is 43.4 Å². The van der Waals surface area contributed by atoms with E-state index >= 15 is 0 Å². The molecule has 1 atom stereocenters. The molecule has 0 saturated carbocycles. The molecule has 0 aliphatic rings. The van der Waals surface area contributed by atoms with Crippen molar-refractivity contribution in [1.29, 1.82) is 0 Å².